The first-order valence-corrected chi connectivity index (χ1v) is 12.0. The van der Waals surface area contributed by atoms with E-state index in [-0.39, 0.29) is 28.9 Å². The minimum atomic E-state index is -0.662. The summed E-state index contributed by atoms with van der Waals surface area (Å²) in [5.41, 5.74) is 4.20. The fraction of sp³-hybridized carbons (Fsp3) is 0.519. The van der Waals surface area contributed by atoms with E-state index in [1.807, 2.05) is 24.3 Å². The largest absolute Gasteiger partial charge is 0.354 e. The van der Waals surface area contributed by atoms with Crippen LogP contribution in [0.3, 0.4) is 0 Å². The minimum absolute atomic E-state index is 0.0691. The molecule has 3 N–H and O–H groups in total. The number of rotatable bonds is 8. The number of aromatic nitrogens is 1. The summed E-state index contributed by atoms with van der Waals surface area (Å²) >= 11 is 0. The number of carbonyl (C=O) groups is 3. The summed E-state index contributed by atoms with van der Waals surface area (Å²) in [6.07, 6.45) is 3.46. The molecule has 6 heteroatoms. The van der Waals surface area contributed by atoms with Gasteiger partial charge in [-0.05, 0) is 48.3 Å². The Balaban J connectivity index is 1.82. The number of fused-ring (bicyclic) bond motifs is 1. The molecule has 0 spiro atoms. The van der Waals surface area contributed by atoms with Gasteiger partial charge in [0.05, 0.1) is 0 Å². The van der Waals surface area contributed by atoms with E-state index < -0.39 is 6.04 Å². The number of hydrogen-bond donors (Lipinski definition) is 3. The maximum atomic E-state index is 13.2. The highest BCUT2D eigenvalue weighted by Gasteiger charge is 2.35. The molecule has 2 amide bonds. The van der Waals surface area contributed by atoms with Gasteiger partial charge in [-0.3, -0.25) is 14.4 Å². The zero-order chi connectivity index (χ0) is 24.3. The van der Waals surface area contributed by atoms with Gasteiger partial charge in [0.2, 0.25) is 5.91 Å². The van der Waals surface area contributed by atoms with E-state index in [0.29, 0.717) is 36.1 Å². The standard InChI is InChI=1S/C27H37N3O3/c1-7-8-12-20(25(32)29-19-13-10-9-11-18(19)16(2)3)30-26(33)24-17(4)23-21(28-24)14-27(5,6)15-22(23)31/h9-11,13,16,20,28H,7-8,12,14-15H2,1-6H3,(H,29,32)(H,30,33). The number of amides is 2. The molecule has 0 bridgehead atoms. The summed E-state index contributed by atoms with van der Waals surface area (Å²) in [7, 11) is 0. The van der Waals surface area contributed by atoms with Crippen molar-refractivity contribution in [2.75, 3.05) is 5.32 Å². The Kier molecular flexibility index (Phi) is 7.45. The van der Waals surface area contributed by atoms with Crippen molar-refractivity contribution < 1.29 is 14.4 Å². The molecular weight excluding hydrogens is 414 g/mol. The molecule has 0 saturated carbocycles. The van der Waals surface area contributed by atoms with Gasteiger partial charge in [0.1, 0.15) is 11.7 Å². The highest BCUT2D eigenvalue weighted by molar-refractivity contribution is 6.06. The monoisotopic (exact) mass is 451 g/mol. The third-order valence-electron chi connectivity index (χ3n) is 6.44. The predicted molar refractivity (Wildman–Crippen MR) is 132 cm³/mol. The van der Waals surface area contributed by atoms with Crippen molar-refractivity contribution in [3.05, 3.63) is 52.3 Å². The number of benzene rings is 1. The van der Waals surface area contributed by atoms with E-state index in [1.165, 1.54) is 0 Å². The van der Waals surface area contributed by atoms with E-state index in [0.717, 1.165) is 29.8 Å². The SMILES string of the molecule is CCCCC(NC(=O)c1[nH]c2c(c1C)C(=O)CC(C)(C)C2)C(=O)Nc1ccccc1C(C)C. The maximum absolute atomic E-state index is 13.2. The van der Waals surface area contributed by atoms with Crippen LogP contribution in [-0.4, -0.2) is 28.6 Å². The maximum Gasteiger partial charge on any atom is 0.268 e. The van der Waals surface area contributed by atoms with Crippen molar-refractivity contribution in [3.63, 3.8) is 0 Å². The second-order valence-corrected chi connectivity index (χ2v) is 10.3. The highest BCUT2D eigenvalue weighted by atomic mass is 16.2. The number of anilines is 1. The second kappa shape index (κ2) is 9.94. The zero-order valence-corrected chi connectivity index (χ0v) is 20.7. The normalized spacial score (nSPS) is 15.8. The van der Waals surface area contributed by atoms with Crippen molar-refractivity contribution >= 4 is 23.3 Å². The van der Waals surface area contributed by atoms with Crippen LogP contribution in [0.1, 0.15) is 104 Å². The lowest BCUT2D eigenvalue weighted by Crippen LogP contribution is -2.44. The molecule has 1 heterocycles. The minimum Gasteiger partial charge on any atom is -0.354 e. The number of aromatic amines is 1. The van der Waals surface area contributed by atoms with Gasteiger partial charge < -0.3 is 15.6 Å². The first-order chi connectivity index (χ1) is 15.5. The van der Waals surface area contributed by atoms with Crippen LogP contribution in [0.4, 0.5) is 5.69 Å². The zero-order valence-electron chi connectivity index (χ0n) is 20.7. The molecule has 33 heavy (non-hydrogen) atoms. The van der Waals surface area contributed by atoms with E-state index in [9.17, 15) is 14.4 Å². The molecule has 1 unspecified atom stereocenters. The molecule has 1 aromatic carbocycles. The topological polar surface area (TPSA) is 91.1 Å². The fourth-order valence-electron chi connectivity index (χ4n) is 4.70. The second-order valence-electron chi connectivity index (χ2n) is 10.3. The highest BCUT2D eigenvalue weighted by Crippen LogP contribution is 2.36. The first-order valence-electron chi connectivity index (χ1n) is 12.0. The molecule has 0 aliphatic heterocycles. The molecule has 3 rings (SSSR count). The van der Waals surface area contributed by atoms with Crippen molar-refractivity contribution in [2.45, 2.75) is 85.6 Å². The third-order valence-corrected chi connectivity index (χ3v) is 6.44. The third kappa shape index (κ3) is 5.55. The van der Waals surface area contributed by atoms with Crippen LogP contribution in [0, 0.1) is 12.3 Å². The lowest BCUT2D eigenvalue weighted by atomic mass is 9.75. The summed E-state index contributed by atoms with van der Waals surface area (Å²) < 4.78 is 0. The molecule has 1 atom stereocenters. The molecule has 0 radical (unpaired) electrons. The Morgan fingerprint density at radius 2 is 1.85 bits per heavy atom. The van der Waals surface area contributed by atoms with Crippen molar-refractivity contribution in [3.8, 4) is 0 Å². The van der Waals surface area contributed by atoms with E-state index in [4.69, 9.17) is 0 Å². The van der Waals surface area contributed by atoms with Gasteiger partial charge in [-0.15, -0.1) is 0 Å². The summed E-state index contributed by atoms with van der Waals surface area (Å²) in [5, 5.41) is 5.95. The van der Waals surface area contributed by atoms with Gasteiger partial charge in [-0.1, -0.05) is 65.7 Å². The smallest absolute Gasteiger partial charge is 0.268 e. The van der Waals surface area contributed by atoms with Gasteiger partial charge >= 0.3 is 0 Å². The molecule has 0 fully saturated rings. The Hall–Kier alpha value is -2.89. The summed E-state index contributed by atoms with van der Waals surface area (Å²) in [6.45, 7) is 12.1. The molecule has 2 aromatic rings. The molecule has 6 nitrogen and oxygen atoms in total. The van der Waals surface area contributed by atoms with E-state index >= 15 is 0 Å². The van der Waals surface area contributed by atoms with Gasteiger partial charge in [0.25, 0.3) is 5.91 Å². The van der Waals surface area contributed by atoms with Gasteiger partial charge in [-0.2, -0.15) is 0 Å². The average Bonchev–Trinajstić information content (AvgIpc) is 3.06. The summed E-state index contributed by atoms with van der Waals surface area (Å²) in [4.78, 5) is 42.3. The van der Waals surface area contributed by atoms with Crippen LogP contribution in [0.5, 0.6) is 0 Å². The molecule has 1 aliphatic rings. The van der Waals surface area contributed by atoms with Gasteiger partial charge in [-0.25, -0.2) is 0 Å². The van der Waals surface area contributed by atoms with E-state index in [2.05, 4.69) is 50.2 Å². The fourth-order valence-corrected chi connectivity index (χ4v) is 4.70. The van der Waals surface area contributed by atoms with Crippen molar-refractivity contribution in [1.82, 2.24) is 10.3 Å². The van der Waals surface area contributed by atoms with Crippen molar-refractivity contribution in [2.24, 2.45) is 5.41 Å². The van der Waals surface area contributed by atoms with Crippen LogP contribution in [0.2, 0.25) is 0 Å². The van der Waals surface area contributed by atoms with Crippen LogP contribution >= 0.6 is 0 Å². The molecular formula is C27H37N3O3. The van der Waals surface area contributed by atoms with Crippen LogP contribution < -0.4 is 10.6 Å². The quantitative estimate of drug-likeness (QED) is 0.493. The Labute approximate surface area is 196 Å². The lowest BCUT2D eigenvalue weighted by molar-refractivity contribution is -0.118. The first kappa shape index (κ1) is 24.7. The van der Waals surface area contributed by atoms with Crippen molar-refractivity contribution in [1.29, 1.82) is 0 Å². The van der Waals surface area contributed by atoms with Gasteiger partial charge in [0, 0.05) is 23.4 Å². The molecule has 1 aliphatic carbocycles. The summed E-state index contributed by atoms with van der Waals surface area (Å²) in [5.74, 6) is -0.239. The number of para-hydroxylation sites is 1. The van der Waals surface area contributed by atoms with Crippen LogP contribution in [0.25, 0.3) is 0 Å². The molecule has 0 saturated heterocycles. The number of ketones is 1. The van der Waals surface area contributed by atoms with Gasteiger partial charge in [0.15, 0.2) is 5.78 Å². The molecule has 178 valence electrons. The number of hydrogen-bond acceptors (Lipinski definition) is 3. The van der Waals surface area contributed by atoms with Crippen LogP contribution in [-0.2, 0) is 11.2 Å². The lowest BCUT2D eigenvalue weighted by Gasteiger charge is -2.28. The number of nitrogens with one attached hydrogen (secondary N) is 3. The Bertz CT molecular complexity index is 1050. The summed E-state index contributed by atoms with van der Waals surface area (Å²) in [6, 6.07) is 7.09. The number of carbonyl (C=O) groups excluding carboxylic acids is 3. The number of Topliss-reactive ketones (excluding diaryl/α,β-unsaturated/α-hetero) is 1. The number of H-pyrrole nitrogens is 1. The average molecular weight is 452 g/mol. The Morgan fingerprint density at radius 1 is 1.15 bits per heavy atom. The molecule has 1 aromatic heterocycles. The Morgan fingerprint density at radius 3 is 2.52 bits per heavy atom. The predicted octanol–water partition coefficient (Wildman–Crippen LogP) is 5.53. The van der Waals surface area contributed by atoms with Crippen LogP contribution in [0.15, 0.2) is 24.3 Å². The number of unbranched alkanes of at least 4 members (excludes halogenated alkanes) is 1. The van der Waals surface area contributed by atoms with E-state index in [1.54, 1.807) is 6.92 Å².